The third kappa shape index (κ3) is 6.16. The lowest BCUT2D eigenvalue weighted by molar-refractivity contribution is 0.284. The Kier molecular flexibility index (Phi) is 10.6. The molecule has 0 amide bonds. The molecule has 0 unspecified atom stereocenters. The Labute approximate surface area is 126 Å². The summed E-state index contributed by atoms with van der Waals surface area (Å²) in [6.07, 6.45) is 5.96. The number of ether oxygens (including phenoxy) is 2. The molecule has 0 fully saturated rings. The fraction of sp³-hybridized carbons (Fsp3) is 0.467. The molecule has 0 aliphatic carbocycles. The van der Waals surface area contributed by atoms with E-state index in [1.54, 1.807) is 0 Å². The van der Waals surface area contributed by atoms with Crippen molar-refractivity contribution in [1.82, 2.24) is 5.32 Å². The number of hydrogen-bond donors (Lipinski definition) is 2. The van der Waals surface area contributed by atoms with Gasteiger partial charge in [0, 0.05) is 18.7 Å². The van der Waals surface area contributed by atoms with Gasteiger partial charge < -0.3 is 19.9 Å². The third-order valence-corrected chi connectivity index (χ3v) is 2.49. The van der Waals surface area contributed by atoms with Gasteiger partial charge >= 0.3 is 0 Å². The van der Waals surface area contributed by atoms with Gasteiger partial charge in [-0.2, -0.15) is 0 Å². The SMILES string of the molecule is C#CCOc1c(CNCCCO)cccc1OCC.Cl. The Morgan fingerprint density at radius 2 is 2.15 bits per heavy atom. The molecule has 0 saturated carbocycles. The lowest BCUT2D eigenvalue weighted by atomic mass is 10.2. The van der Waals surface area contributed by atoms with Gasteiger partial charge in [0.15, 0.2) is 11.5 Å². The number of terminal acetylenes is 1. The summed E-state index contributed by atoms with van der Waals surface area (Å²) in [5, 5.41) is 12.0. The number of halogens is 1. The van der Waals surface area contributed by atoms with E-state index < -0.39 is 0 Å². The fourth-order valence-electron chi connectivity index (χ4n) is 1.67. The lowest BCUT2D eigenvalue weighted by Crippen LogP contribution is -2.16. The van der Waals surface area contributed by atoms with Crippen molar-refractivity contribution in [2.24, 2.45) is 0 Å². The van der Waals surface area contributed by atoms with Crippen LogP contribution in [-0.4, -0.2) is 31.5 Å². The summed E-state index contributed by atoms with van der Waals surface area (Å²) in [7, 11) is 0. The zero-order valence-corrected chi connectivity index (χ0v) is 12.5. The van der Waals surface area contributed by atoms with Gasteiger partial charge in [-0.05, 0) is 26.0 Å². The zero-order valence-electron chi connectivity index (χ0n) is 11.7. The van der Waals surface area contributed by atoms with Gasteiger partial charge in [0.1, 0.15) is 6.61 Å². The van der Waals surface area contributed by atoms with E-state index in [0.717, 1.165) is 18.5 Å². The smallest absolute Gasteiger partial charge is 0.167 e. The topological polar surface area (TPSA) is 50.7 Å². The molecule has 0 spiro atoms. The number of aliphatic hydroxyl groups excluding tert-OH is 1. The maximum atomic E-state index is 8.74. The fourth-order valence-corrected chi connectivity index (χ4v) is 1.67. The van der Waals surface area contributed by atoms with Crippen molar-refractivity contribution < 1.29 is 14.6 Å². The highest BCUT2D eigenvalue weighted by molar-refractivity contribution is 5.85. The van der Waals surface area contributed by atoms with Crippen LogP contribution in [0.5, 0.6) is 11.5 Å². The van der Waals surface area contributed by atoms with Crippen LogP contribution in [0.4, 0.5) is 0 Å². The standard InChI is InChI=1S/C15H21NO3.ClH/c1-3-11-19-15-13(12-16-9-6-10-17)7-5-8-14(15)18-4-2;/h1,5,7-8,16-17H,4,6,9-12H2,2H3;1H. The van der Waals surface area contributed by atoms with Crippen LogP contribution < -0.4 is 14.8 Å². The molecule has 0 aromatic heterocycles. The van der Waals surface area contributed by atoms with E-state index in [1.807, 2.05) is 25.1 Å². The summed E-state index contributed by atoms with van der Waals surface area (Å²) < 4.78 is 11.1. The average Bonchev–Trinajstić information content (AvgIpc) is 2.43. The van der Waals surface area contributed by atoms with Gasteiger partial charge in [-0.3, -0.25) is 0 Å². The van der Waals surface area contributed by atoms with Crippen molar-refractivity contribution in [2.45, 2.75) is 19.9 Å². The first-order chi connectivity index (χ1) is 9.33. The van der Waals surface area contributed by atoms with E-state index in [2.05, 4.69) is 11.2 Å². The van der Waals surface area contributed by atoms with Gasteiger partial charge in [-0.25, -0.2) is 0 Å². The first-order valence-corrected chi connectivity index (χ1v) is 6.46. The molecule has 5 heteroatoms. The predicted molar refractivity (Wildman–Crippen MR) is 82.6 cm³/mol. The minimum atomic E-state index is 0. The molecule has 1 aromatic rings. The molecule has 0 radical (unpaired) electrons. The summed E-state index contributed by atoms with van der Waals surface area (Å²) in [5.74, 6) is 3.86. The number of para-hydroxylation sites is 1. The molecule has 2 N–H and O–H groups in total. The Hall–Kier alpha value is -1.41. The number of nitrogens with one attached hydrogen (secondary N) is 1. The predicted octanol–water partition coefficient (Wildman–Crippen LogP) is 1.99. The van der Waals surface area contributed by atoms with Crippen LogP contribution in [0.25, 0.3) is 0 Å². The number of hydrogen-bond acceptors (Lipinski definition) is 4. The van der Waals surface area contributed by atoms with Crippen molar-refractivity contribution >= 4 is 12.4 Å². The minimum absolute atomic E-state index is 0. The van der Waals surface area contributed by atoms with E-state index in [9.17, 15) is 0 Å². The molecule has 1 rings (SSSR count). The third-order valence-electron chi connectivity index (χ3n) is 2.49. The molecule has 0 heterocycles. The van der Waals surface area contributed by atoms with Gasteiger partial charge in [-0.15, -0.1) is 18.8 Å². The largest absolute Gasteiger partial charge is 0.490 e. The molecular formula is C15H22ClNO3. The van der Waals surface area contributed by atoms with Gasteiger partial charge in [0.2, 0.25) is 0 Å². The van der Waals surface area contributed by atoms with Crippen LogP contribution in [0, 0.1) is 12.3 Å². The van der Waals surface area contributed by atoms with E-state index in [4.69, 9.17) is 21.0 Å². The summed E-state index contributed by atoms with van der Waals surface area (Å²) in [6, 6.07) is 5.77. The molecule has 20 heavy (non-hydrogen) atoms. The van der Waals surface area contributed by atoms with E-state index in [-0.39, 0.29) is 25.6 Å². The molecule has 0 aliphatic rings. The minimum Gasteiger partial charge on any atom is -0.490 e. The van der Waals surface area contributed by atoms with Crippen LogP contribution in [0.3, 0.4) is 0 Å². The first-order valence-electron chi connectivity index (χ1n) is 6.46. The summed E-state index contributed by atoms with van der Waals surface area (Å²) in [6.45, 7) is 4.32. The summed E-state index contributed by atoms with van der Waals surface area (Å²) in [5.41, 5.74) is 0.999. The lowest BCUT2D eigenvalue weighted by Gasteiger charge is -2.15. The van der Waals surface area contributed by atoms with Crippen molar-refractivity contribution in [1.29, 1.82) is 0 Å². The van der Waals surface area contributed by atoms with Gasteiger partial charge in [0.25, 0.3) is 0 Å². The second-order valence-electron chi connectivity index (χ2n) is 3.92. The van der Waals surface area contributed by atoms with Crippen LogP contribution in [0.2, 0.25) is 0 Å². The molecule has 0 aliphatic heterocycles. The number of benzene rings is 1. The van der Waals surface area contributed by atoms with Crippen molar-refractivity contribution in [3.8, 4) is 23.8 Å². The summed E-state index contributed by atoms with van der Waals surface area (Å²) in [4.78, 5) is 0. The highest BCUT2D eigenvalue weighted by Crippen LogP contribution is 2.31. The average molecular weight is 300 g/mol. The molecule has 0 atom stereocenters. The number of aliphatic hydroxyl groups is 1. The van der Waals surface area contributed by atoms with Crippen LogP contribution in [0.1, 0.15) is 18.9 Å². The van der Waals surface area contributed by atoms with E-state index in [0.29, 0.717) is 24.7 Å². The van der Waals surface area contributed by atoms with Gasteiger partial charge in [0.05, 0.1) is 6.61 Å². The van der Waals surface area contributed by atoms with E-state index in [1.165, 1.54) is 0 Å². The monoisotopic (exact) mass is 299 g/mol. The van der Waals surface area contributed by atoms with Crippen LogP contribution >= 0.6 is 12.4 Å². The first kappa shape index (κ1) is 18.6. The normalized spacial score (nSPS) is 9.45. The van der Waals surface area contributed by atoms with Crippen LogP contribution in [-0.2, 0) is 6.54 Å². The Morgan fingerprint density at radius 3 is 2.80 bits per heavy atom. The van der Waals surface area contributed by atoms with Crippen molar-refractivity contribution in [3.63, 3.8) is 0 Å². The second kappa shape index (κ2) is 11.4. The van der Waals surface area contributed by atoms with Crippen molar-refractivity contribution in [3.05, 3.63) is 23.8 Å². The maximum Gasteiger partial charge on any atom is 0.167 e. The van der Waals surface area contributed by atoms with E-state index >= 15 is 0 Å². The van der Waals surface area contributed by atoms with Gasteiger partial charge in [-0.1, -0.05) is 18.1 Å². The quantitative estimate of drug-likeness (QED) is 0.541. The molecule has 1 aromatic carbocycles. The summed E-state index contributed by atoms with van der Waals surface area (Å²) >= 11 is 0. The molecule has 0 bridgehead atoms. The van der Waals surface area contributed by atoms with Crippen LogP contribution in [0.15, 0.2) is 18.2 Å². The molecule has 0 saturated heterocycles. The molecule has 112 valence electrons. The Balaban J connectivity index is 0.00000361. The highest BCUT2D eigenvalue weighted by Gasteiger charge is 2.10. The molecular weight excluding hydrogens is 278 g/mol. The Morgan fingerprint density at radius 1 is 1.35 bits per heavy atom. The highest BCUT2D eigenvalue weighted by atomic mass is 35.5. The second-order valence-corrected chi connectivity index (χ2v) is 3.92. The molecule has 4 nitrogen and oxygen atoms in total. The number of rotatable bonds is 9. The zero-order chi connectivity index (χ0) is 13.9. The maximum absolute atomic E-state index is 8.74. The Bertz CT molecular complexity index is 418. The van der Waals surface area contributed by atoms with Crippen molar-refractivity contribution in [2.75, 3.05) is 26.4 Å².